The molecule has 1 aliphatic heterocycles. The molecule has 0 saturated carbocycles. The monoisotopic (exact) mass is 221 g/mol. The van der Waals surface area contributed by atoms with Crippen molar-refractivity contribution in [1.82, 2.24) is 5.32 Å². The van der Waals surface area contributed by atoms with Crippen molar-refractivity contribution in [2.75, 3.05) is 6.54 Å². The molecule has 1 aliphatic rings. The van der Waals surface area contributed by atoms with Gasteiger partial charge in [0.2, 0.25) is 0 Å². The SMILES string of the molecule is O=C(O)OC1CCNC(c2ccccc2)C1. The maximum absolute atomic E-state index is 10.5. The maximum Gasteiger partial charge on any atom is 0.506 e. The standard InChI is InChI=1S/C12H15NO3/c14-12(15)16-10-6-7-13-11(8-10)9-4-2-1-3-5-9/h1-5,10-11,13H,6-8H2,(H,14,15). The van der Waals surface area contributed by atoms with E-state index in [1.807, 2.05) is 30.3 Å². The number of carbonyl (C=O) groups is 1. The molecule has 2 unspecified atom stereocenters. The lowest BCUT2D eigenvalue weighted by Crippen LogP contribution is -2.36. The third-order valence-electron chi connectivity index (χ3n) is 2.83. The zero-order valence-corrected chi connectivity index (χ0v) is 8.93. The molecule has 1 saturated heterocycles. The molecule has 0 aromatic heterocycles. The first-order chi connectivity index (χ1) is 7.75. The number of benzene rings is 1. The summed E-state index contributed by atoms with van der Waals surface area (Å²) in [5, 5.41) is 11.9. The first-order valence-corrected chi connectivity index (χ1v) is 5.43. The third kappa shape index (κ3) is 2.73. The molecule has 1 heterocycles. The number of carboxylic acid groups (broad SMARTS) is 1. The van der Waals surface area contributed by atoms with Gasteiger partial charge >= 0.3 is 6.16 Å². The molecular weight excluding hydrogens is 206 g/mol. The lowest BCUT2D eigenvalue weighted by Gasteiger charge is -2.29. The molecule has 2 atom stereocenters. The lowest BCUT2D eigenvalue weighted by atomic mass is 9.95. The summed E-state index contributed by atoms with van der Waals surface area (Å²) in [6, 6.07) is 10.2. The second-order valence-corrected chi connectivity index (χ2v) is 3.95. The number of ether oxygens (including phenoxy) is 1. The summed E-state index contributed by atoms with van der Waals surface area (Å²) in [5.74, 6) is 0. The van der Waals surface area contributed by atoms with Crippen molar-refractivity contribution < 1.29 is 14.6 Å². The fourth-order valence-corrected chi connectivity index (χ4v) is 2.07. The molecule has 4 heteroatoms. The number of nitrogens with one attached hydrogen (secondary N) is 1. The minimum Gasteiger partial charge on any atom is -0.450 e. The molecule has 0 amide bonds. The number of hydrogen-bond donors (Lipinski definition) is 2. The number of piperidine rings is 1. The Labute approximate surface area is 94.2 Å². The predicted octanol–water partition coefficient (Wildman–Crippen LogP) is 2.17. The van der Waals surface area contributed by atoms with Gasteiger partial charge in [0.1, 0.15) is 6.10 Å². The first-order valence-electron chi connectivity index (χ1n) is 5.43. The second kappa shape index (κ2) is 4.99. The normalized spacial score (nSPS) is 25.0. The molecule has 0 radical (unpaired) electrons. The zero-order chi connectivity index (χ0) is 11.4. The van der Waals surface area contributed by atoms with E-state index in [0.29, 0.717) is 6.42 Å². The van der Waals surface area contributed by atoms with Crippen molar-refractivity contribution in [1.29, 1.82) is 0 Å². The van der Waals surface area contributed by atoms with Gasteiger partial charge < -0.3 is 15.2 Å². The summed E-state index contributed by atoms with van der Waals surface area (Å²) >= 11 is 0. The molecule has 2 N–H and O–H groups in total. The minimum atomic E-state index is -1.18. The Morgan fingerprint density at radius 1 is 1.38 bits per heavy atom. The summed E-state index contributed by atoms with van der Waals surface area (Å²) in [6.45, 7) is 0.789. The highest BCUT2D eigenvalue weighted by molar-refractivity contribution is 5.57. The predicted molar refractivity (Wildman–Crippen MR) is 59.3 cm³/mol. The molecule has 0 spiro atoms. The zero-order valence-electron chi connectivity index (χ0n) is 8.93. The highest BCUT2D eigenvalue weighted by Gasteiger charge is 2.24. The summed E-state index contributed by atoms with van der Waals surface area (Å²) in [4.78, 5) is 10.5. The molecule has 1 aromatic carbocycles. The van der Waals surface area contributed by atoms with Gasteiger partial charge in [0.05, 0.1) is 0 Å². The average molecular weight is 221 g/mol. The maximum atomic E-state index is 10.5. The van der Waals surface area contributed by atoms with E-state index in [1.165, 1.54) is 5.56 Å². The van der Waals surface area contributed by atoms with Crippen LogP contribution < -0.4 is 5.32 Å². The van der Waals surface area contributed by atoms with Crippen LogP contribution in [0.3, 0.4) is 0 Å². The van der Waals surface area contributed by atoms with Crippen molar-refractivity contribution in [2.24, 2.45) is 0 Å². The van der Waals surface area contributed by atoms with E-state index in [9.17, 15) is 4.79 Å². The van der Waals surface area contributed by atoms with Crippen molar-refractivity contribution in [3.8, 4) is 0 Å². The molecule has 1 fully saturated rings. The van der Waals surface area contributed by atoms with Crippen LogP contribution in [0.5, 0.6) is 0 Å². The topological polar surface area (TPSA) is 58.6 Å². The van der Waals surface area contributed by atoms with E-state index < -0.39 is 6.16 Å². The Kier molecular flexibility index (Phi) is 3.41. The largest absolute Gasteiger partial charge is 0.506 e. The first kappa shape index (κ1) is 11.0. The van der Waals surface area contributed by atoms with Crippen LogP contribution in [0.1, 0.15) is 24.4 Å². The van der Waals surface area contributed by atoms with Crippen LogP contribution in [0.25, 0.3) is 0 Å². The van der Waals surface area contributed by atoms with Gasteiger partial charge in [-0.1, -0.05) is 30.3 Å². The highest BCUT2D eigenvalue weighted by Crippen LogP contribution is 2.24. The van der Waals surface area contributed by atoms with E-state index in [0.717, 1.165) is 13.0 Å². The lowest BCUT2D eigenvalue weighted by molar-refractivity contribution is 0.0312. The Balaban J connectivity index is 1.99. The number of hydrogen-bond acceptors (Lipinski definition) is 3. The summed E-state index contributed by atoms with van der Waals surface area (Å²) in [7, 11) is 0. The Morgan fingerprint density at radius 3 is 2.81 bits per heavy atom. The summed E-state index contributed by atoms with van der Waals surface area (Å²) < 4.78 is 4.82. The molecule has 0 bridgehead atoms. The molecule has 2 rings (SSSR count). The van der Waals surface area contributed by atoms with E-state index in [-0.39, 0.29) is 12.1 Å². The van der Waals surface area contributed by atoms with Crippen LogP contribution in [0.2, 0.25) is 0 Å². The van der Waals surface area contributed by atoms with Crippen LogP contribution in [-0.2, 0) is 4.74 Å². The van der Waals surface area contributed by atoms with Gasteiger partial charge in [-0.3, -0.25) is 0 Å². The van der Waals surface area contributed by atoms with Gasteiger partial charge in [0.15, 0.2) is 0 Å². The van der Waals surface area contributed by atoms with Gasteiger partial charge in [-0.05, 0) is 18.5 Å². The van der Waals surface area contributed by atoms with E-state index in [1.54, 1.807) is 0 Å². The smallest absolute Gasteiger partial charge is 0.450 e. The quantitative estimate of drug-likeness (QED) is 0.751. The van der Waals surface area contributed by atoms with E-state index >= 15 is 0 Å². The number of rotatable bonds is 2. The minimum absolute atomic E-state index is 0.191. The molecule has 86 valence electrons. The molecular formula is C12H15NO3. The van der Waals surface area contributed by atoms with Crippen LogP contribution in [0.4, 0.5) is 4.79 Å². The summed E-state index contributed by atoms with van der Waals surface area (Å²) in [6.07, 6.45) is 0.0778. The Morgan fingerprint density at radius 2 is 2.12 bits per heavy atom. The highest BCUT2D eigenvalue weighted by atomic mass is 16.7. The molecule has 0 aliphatic carbocycles. The molecule has 16 heavy (non-hydrogen) atoms. The Bertz CT molecular complexity index is 353. The van der Waals surface area contributed by atoms with Crippen LogP contribution in [0, 0.1) is 0 Å². The van der Waals surface area contributed by atoms with Crippen molar-refractivity contribution in [2.45, 2.75) is 25.0 Å². The molecule has 4 nitrogen and oxygen atoms in total. The fraction of sp³-hybridized carbons (Fsp3) is 0.417. The fourth-order valence-electron chi connectivity index (χ4n) is 2.07. The van der Waals surface area contributed by atoms with Gasteiger partial charge in [-0.15, -0.1) is 0 Å². The average Bonchev–Trinajstić information content (AvgIpc) is 2.30. The Hall–Kier alpha value is -1.55. The van der Waals surface area contributed by atoms with Gasteiger partial charge in [-0.2, -0.15) is 0 Å². The van der Waals surface area contributed by atoms with Crippen molar-refractivity contribution in [3.63, 3.8) is 0 Å². The molecule has 1 aromatic rings. The van der Waals surface area contributed by atoms with Crippen molar-refractivity contribution in [3.05, 3.63) is 35.9 Å². The van der Waals surface area contributed by atoms with E-state index in [4.69, 9.17) is 9.84 Å². The second-order valence-electron chi connectivity index (χ2n) is 3.95. The van der Waals surface area contributed by atoms with Crippen molar-refractivity contribution >= 4 is 6.16 Å². The van der Waals surface area contributed by atoms with Gasteiger partial charge in [0, 0.05) is 12.5 Å². The van der Waals surface area contributed by atoms with E-state index in [2.05, 4.69) is 5.32 Å². The van der Waals surface area contributed by atoms with Crippen LogP contribution in [-0.4, -0.2) is 23.9 Å². The van der Waals surface area contributed by atoms with Crippen LogP contribution in [0.15, 0.2) is 30.3 Å². The van der Waals surface area contributed by atoms with Gasteiger partial charge in [0.25, 0.3) is 0 Å². The van der Waals surface area contributed by atoms with Crippen LogP contribution >= 0.6 is 0 Å². The summed E-state index contributed by atoms with van der Waals surface area (Å²) in [5.41, 5.74) is 1.18. The van der Waals surface area contributed by atoms with Gasteiger partial charge in [-0.25, -0.2) is 4.79 Å². The third-order valence-corrected chi connectivity index (χ3v) is 2.83.